The van der Waals surface area contributed by atoms with Crippen LogP contribution in [0.25, 0.3) is 0 Å². The van der Waals surface area contributed by atoms with Gasteiger partial charge in [-0.25, -0.2) is 4.39 Å². The summed E-state index contributed by atoms with van der Waals surface area (Å²) in [5, 5.41) is 0. The van der Waals surface area contributed by atoms with Crippen molar-refractivity contribution in [3.05, 3.63) is 66.0 Å². The van der Waals surface area contributed by atoms with Gasteiger partial charge in [-0.2, -0.15) is 0 Å². The number of ether oxygens (including phenoxy) is 1. The molecule has 0 amide bonds. The van der Waals surface area contributed by atoms with Crippen LogP contribution in [0.15, 0.2) is 59.5 Å². The Hall–Kier alpha value is -1.56. The van der Waals surface area contributed by atoms with Crippen molar-refractivity contribution >= 4 is 10.8 Å². The van der Waals surface area contributed by atoms with Crippen molar-refractivity contribution in [3.63, 3.8) is 0 Å². The first-order valence-electron chi connectivity index (χ1n) is 10.7. The van der Waals surface area contributed by atoms with Crippen LogP contribution in [0.1, 0.15) is 31.2 Å². The lowest BCUT2D eigenvalue weighted by Crippen LogP contribution is -2.50. The minimum Gasteiger partial charge on any atom is -0.374 e. The summed E-state index contributed by atoms with van der Waals surface area (Å²) in [6.45, 7) is 3.77. The van der Waals surface area contributed by atoms with Gasteiger partial charge in [0.25, 0.3) is 0 Å². The number of piperidine rings is 1. The molecule has 4 rings (SSSR count). The van der Waals surface area contributed by atoms with E-state index in [2.05, 4.69) is 35.2 Å². The molecule has 0 aromatic heterocycles. The number of nitrogens with zero attached hydrogens (tertiary/aromatic N) is 1. The molecule has 1 saturated carbocycles. The zero-order valence-corrected chi connectivity index (χ0v) is 17.7. The number of likely N-dealkylation sites (tertiary alicyclic amines) is 1. The van der Waals surface area contributed by atoms with Crippen molar-refractivity contribution < 1.29 is 13.3 Å². The lowest BCUT2D eigenvalue weighted by atomic mass is 9.92. The fourth-order valence-electron chi connectivity index (χ4n) is 3.93. The second-order valence-corrected chi connectivity index (χ2v) is 9.91. The summed E-state index contributed by atoms with van der Waals surface area (Å²) in [5.74, 6) is 0.886. The summed E-state index contributed by atoms with van der Waals surface area (Å²) < 4.78 is 32.6. The van der Waals surface area contributed by atoms with E-state index in [1.54, 1.807) is 12.1 Å². The molecule has 0 radical (unpaired) electrons. The second kappa shape index (κ2) is 9.50. The van der Waals surface area contributed by atoms with Crippen LogP contribution < -0.4 is 0 Å². The molecule has 2 aromatic rings. The first kappa shape index (κ1) is 20.7. The van der Waals surface area contributed by atoms with Gasteiger partial charge < -0.3 is 9.64 Å². The zero-order chi connectivity index (χ0) is 20.1. The third-order valence-electron chi connectivity index (χ3n) is 6.12. The first-order chi connectivity index (χ1) is 14.1. The van der Waals surface area contributed by atoms with E-state index in [0.717, 1.165) is 45.5 Å². The van der Waals surface area contributed by atoms with Gasteiger partial charge in [-0.3, -0.25) is 4.21 Å². The molecule has 1 saturated heterocycles. The van der Waals surface area contributed by atoms with E-state index in [1.807, 2.05) is 0 Å². The number of hydrogen-bond donors (Lipinski definition) is 0. The summed E-state index contributed by atoms with van der Waals surface area (Å²) in [4.78, 5) is 3.18. The molecule has 156 valence electrons. The highest BCUT2D eigenvalue weighted by molar-refractivity contribution is 7.85. The number of rotatable bonds is 9. The Morgan fingerprint density at radius 2 is 1.72 bits per heavy atom. The van der Waals surface area contributed by atoms with Crippen molar-refractivity contribution in [1.82, 2.24) is 4.90 Å². The quantitative estimate of drug-likeness (QED) is 0.607. The Kier molecular flexibility index (Phi) is 6.78. The highest BCUT2D eigenvalue weighted by Crippen LogP contribution is 2.35. The Morgan fingerprint density at radius 1 is 1.03 bits per heavy atom. The maximum atomic E-state index is 13.2. The van der Waals surface area contributed by atoms with Gasteiger partial charge in [0.2, 0.25) is 0 Å². The predicted octanol–water partition coefficient (Wildman–Crippen LogP) is 4.44. The molecule has 1 aliphatic heterocycles. The molecule has 2 aliphatic rings. The van der Waals surface area contributed by atoms with E-state index in [1.165, 1.54) is 30.5 Å². The maximum Gasteiger partial charge on any atom is 0.123 e. The molecular formula is C24H30FNO2S. The van der Waals surface area contributed by atoms with Gasteiger partial charge in [0.1, 0.15) is 5.82 Å². The lowest BCUT2D eigenvalue weighted by Gasteiger charge is -2.41. The van der Waals surface area contributed by atoms with E-state index in [9.17, 15) is 8.60 Å². The van der Waals surface area contributed by atoms with Crippen molar-refractivity contribution in [3.8, 4) is 0 Å². The van der Waals surface area contributed by atoms with E-state index < -0.39 is 10.8 Å². The summed E-state index contributed by atoms with van der Waals surface area (Å²) >= 11 is 0. The fourth-order valence-corrected chi connectivity index (χ4v) is 5.39. The lowest BCUT2D eigenvalue weighted by molar-refractivity contribution is -0.0717. The van der Waals surface area contributed by atoms with Gasteiger partial charge in [0.15, 0.2) is 0 Å². The normalized spacial score (nSPS) is 20.4. The molecule has 29 heavy (non-hydrogen) atoms. The van der Waals surface area contributed by atoms with Crippen LogP contribution in [-0.2, 0) is 22.0 Å². The molecule has 0 bridgehead atoms. The van der Waals surface area contributed by atoms with E-state index in [0.29, 0.717) is 16.6 Å². The largest absolute Gasteiger partial charge is 0.374 e. The van der Waals surface area contributed by atoms with Gasteiger partial charge >= 0.3 is 0 Å². The van der Waals surface area contributed by atoms with Crippen LogP contribution in [0.5, 0.6) is 0 Å². The van der Waals surface area contributed by atoms with Crippen molar-refractivity contribution in [2.24, 2.45) is 5.92 Å². The molecule has 1 aliphatic carbocycles. The van der Waals surface area contributed by atoms with Gasteiger partial charge in [0, 0.05) is 24.5 Å². The van der Waals surface area contributed by atoms with E-state index in [-0.39, 0.29) is 11.4 Å². The van der Waals surface area contributed by atoms with Crippen LogP contribution >= 0.6 is 0 Å². The SMILES string of the molecule is O=S(CC1(OCC2CC2)CCN(CCc2ccccc2)CC1)c1ccc(F)cc1. The molecule has 0 spiro atoms. The topological polar surface area (TPSA) is 29.5 Å². The smallest absolute Gasteiger partial charge is 0.123 e. The van der Waals surface area contributed by atoms with Crippen molar-refractivity contribution in [1.29, 1.82) is 0 Å². The number of hydrogen-bond acceptors (Lipinski definition) is 3. The standard InChI is InChI=1S/C24H30FNO2S/c25-22-8-10-23(11-9-22)29(27)19-24(28-18-21-6-7-21)13-16-26(17-14-24)15-12-20-4-2-1-3-5-20/h1-5,8-11,21H,6-7,12-19H2. The molecule has 0 N–H and O–H groups in total. The molecule has 1 atom stereocenters. The third-order valence-corrected chi connectivity index (χ3v) is 7.71. The van der Waals surface area contributed by atoms with Gasteiger partial charge in [-0.15, -0.1) is 0 Å². The molecule has 5 heteroatoms. The van der Waals surface area contributed by atoms with Crippen LogP contribution in [0, 0.1) is 11.7 Å². The zero-order valence-electron chi connectivity index (χ0n) is 16.9. The van der Waals surface area contributed by atoms with Gasteiger partial charge in [-0.05, 0) is 67.9 Å². The van der Waals surface area contributed by atoms with Gasteiger partial charge in [-0.1, -0.05) is 30.3 Å². The molecule has 3 nitrogen and oxygen atoms in total. The van der Waals surface area contributed by atoms with Crippen molar-refractivity contribution in [2.45, 2.75) is 42.6 Å². The van der Waals surface area contributed by atoms with Crippen LogP contribution in [-0.4, -0.2) is 46.7 Å². The monoisotopic (exact) mass is 415 g/mol. The van der Waals surface area contributed by atoms with Crippen LogP contribution in [0.2, 0.25) is 0 Å². The molecule has 1 heterocycles. The Balaban J connectivity index is 1.35. The van der Waals surface area contributed by atoms with E-state index >= 15 is 0 Å². The summed E-state index contributed by atoms with van der Waals surface area (Å²) in [6.07, 6.45) is 5.36. The summed E-state index contributed by atoms with van der Waals surface area (Å²) in [7, 11) is -1.18. The Morgan fingerprint density at radius 3 is 2.38 bits per heavy atom. The molecule has 2 fully saturated rings. The van der Waals surface area contributed by atoms with Crippen LogP contribution in [0.3, 0.4) is 0 Å². The number of halogens is 1. The molecule has 1 unspecified atom stereocenters. The highest BCUT2D eigenvalue weighted by Gasteiger charge is 2.39. The first-order valence-corrected chi connectivity index (χ1v) is 12.0. The predicted molar refractivity (Wildman–Crippen MR) is 115 cm³/mol. The highest BCUT2D eigenvalue weighted by atomic mass is 32.2. The number of benzene rings is 2. The molecule has 2 aromatic carbocycles. The minimum atomic E-state index is -1.18. The third kappa shape index (κ3) is 5.97. The van der Waals surface area contributed by atoms with Crippen molar-refractivity contribution in [2.75, 3.05) is 32.0 Å². The second-order valence-electron chi connectivity index (χ2n) is 8.46. The van der Waals surface area contributed by atoms with E-state index in [4.69, 9.17) is 4.74 Å². The Labute approximate surface area is 175 Å². The maximum absolute atomic E-state index is 13.2. The summed E-state index contributed by atoms with van der Waals surface area (Å²) in [5.41, 5.74) is 1.04. The average molecular weight is 416 g/mol. The average Bonchev–Trinajstić information content (AvgIpc) is 3.58. The van der Waals surface area contributed by atoms with Crippen LogP contribution in [0.4, 0.5) is 4.39 Å². The minimum absolute atomic E-state index is 0.294. The Bertz CT molecular complexity index is 799. The molecular weight excluding hydrogens is 385 g/mol. The summed E-state index contributed by atoms with van der Waals surface area (Å²) in [6, 6.07) is 16.6. The fraction of sp³-hybridized carbons (Fsp3) is 0.500. The van der Waals surface area contributed by atoms with Gasteiger partial charge in [0.05, 0.1) is 28.8 Å².